The quantitative estimate of drug-likeness (QED) is 0.560. The van der Waals surface area contributed by atoms with Crippen molar-refractivity contribution in [2.45, 2.75) is 43.0 Å². The lowest BCUT2D eigenvalue weighted by Crippen LogP contribution is -2.30. The zero-order chi connectivity index (χ0) is 21.1. The average Bonchev–Trinajstić information content (AvgIpc) is 3.21. The van der Waals surface area contributed by atoms with E-state index in [9.17, 15) is 8.42 Å². The van der Waals surface area contributed by atoms with E-state index in [1.165, 1.54) is 0 Å². The summed E-state index contributed by atoms with van der Waals surface area (Å²) in [5, 5.41) is -0.0215. The van der Waals surface area contributed by atoms with Crippen LogP contribution < -0.4 is 9.64 Å². The molecule has 0 saturated carbocycles. The number of nitrogens with zero attached hydrogens (tertiary/aromatic N) is 2. The van der Waals surface area contributed by atoms with E-state index in [0.717, 1.165) is 43.5 Å². The number of piperidine rings is 1. The first-order valence-corrected chi connectivity index (χ1v) is 11.8. The number of aryl methyl sites for hydroxylation is 1. The molecule has 3 aromatic rings. The van der Waals surface area contributed by atoms with Crippen molar-refractivity contribution in [1.29, 1.82) is 0 Å². The van der Waals surface area contributed by atoms with Crippen LogP contribution in [0.15, 0.2) is 62.9 Å². The normalized spacial score (nSPS) is 14.7. The zero-order valence-corrected chi connectivity index (χ0v) is 18.1. The molecule has 1 aliphatic heterocycles. The number of benzene rings is 2. The van der Waals surface area contributed by atoms with Gasteiger partial charge in [-0.25, -0.2) is 8.42 Å². The van der Waals surface area contributed by atoms with Crippen LogP contribution in [-0.4, -0.2) is 33.1 Å². The molecule has 0 spiro atoms. The summed E-state index contributed by atoms with van der Waals surface area (Å²) in [6, 6.07) is 14.1. The van der Waals surface area contributed by atoms with E-state index in [2.05, 4.69) is 4.98 Å². The number of hydrogen-bond acceptors (Lipinski definition) is 6. The van der Waals surface area contributed by atoms with Crippen molar-refractivity contribution in [3.8, 4) is 17.2 Å². The number of aromatic nitrogens is 1. The van der Waals surface area contributed by atoms with E-state index >= 15 is 0 Å². The van der Waals surface area contributed by atoms with Gasteiger partial charge in [0.1, 0.15) is 5.75 Å². The Labute approximate surface area is 177 Å². The molecule has 0 bridgehead atoms. The fraction of sp³-hybridized carbons (Fsp3) is 0.348. The van der Waals surface area contributed by atoms with Crippen LogP contribution in [0.3, 0.4) is 0 Å². The Morgan fingerprint density at radius 3 is 2.40 bits per heavy atom. The van der Waals surface area contributed by atoms with Crippen LogP contribution in [0.5, 0.6) is 5.75 Å². The van der Waals surface area contributed by atoms with Crippen molar-refractivity contribution in [3.05, 3.63) is 54.1 Å². The highest BCUT2D eigenvalue weighted by molar-refractivity contribution is 7.91. The van der Waals surface area contributed by atoms with E-state index in [-0.39, 0.29) is 9.92 Å². The molecule has 0 atom stereocenters. The summed E-state index contributed by atoms with van der Waals surface area (Å²) in [4.78, 5) is 6.67. The SMILES string of the molecule is CCOc1ccc(S(=O)(=O)c2nc(-c3ccccc3C)oc2N2CCCCC2)cc1. The Hall–Kier alpha value is -2.80. The number of rotatable bonds is 6. The van der Waals surface area contributed by atoms with Crippen molar-refractivity contribution >= 4 is 15.7 Å². The molecular formula is C23H26N2O4S. The summed E-state index contributed by atoms with van der Waals surface area (Å²) in [6.07, 6.45) is 3.14. The van der Waals surface area contributed by atoms with Gasteiger partial charge in [-0.05, 0) is 69.0 Å². The van der Waals surface area contributed by atoms with E-state index in [1.54, 1.807) is 24.3 Å². The zero-order valence-electron chi connectivity index (χ0n) is 17.3. The van der Waals surface area contributed by atoms with Gasteiger partial charge in [0.2, 0.25) is 26.6 Å². The second kappa shape index (κ2) is 8.52. The van der Waals surface area contributed by atoms with Crippen LogP contribution in [0.4, 0.5) is 5.88 Å². The third-order valence-corrected chi connectivity index (χ3v) is 6.97. The first-order chi connectivity index (χ1) is 14.5. The molecule has 2 aromatic carbocycles. The monoisotopic (exact) mass is 426 g/mol. The second-order valence-corrected chi connectivity index (χ2v) is 9.26. The van der Waals surface area contributed by atoms with Crippen molar-refractivity contribution in [2.24, 2.45) is 0 Å². The van der Waals surface area contributed by atoms with Crippen LogP contribution in [0.25, 0.3) is 11.5 Å². The van der Waals surface area contributed by atoms with E-state index in [0.29, 0.717) is 24.1 Å². The molecule has 2 heterocycles. The smallest absolute Gasteiger partial charge is 0.236 e. The first kappa shape index (κ1) is 20.5. The van der Waals surface area contributed by atoms with E-state index in [1.807, 2.05) is 43.0 Å². The van der Waals surface area contributed by atoms with Crippen molar-refractivity contribution in [2.75, 3.05) is 24.6 Å². The maximum atomic E-state index is 13.5. The molecule has 1 fully saturated rings. The van der Waals surface area contributed by atoms with E-state index in [4.69, 9.17) is 9.15 Å². The Balaban J connectivity index is 1.81. The lowest BCUT2D eigenvalue weighted by atomic mass is 10.1. The first-order valence-electron chi connectivity index (χ1n) is 10.3. The predicted octanol–water partition coefficient (Wildman–Crippen LogP) is 4.87. The number of sulfone groups is 1. The third kappa shape index (κ3) is 3.94. The van der Waals surface area contributed by atoms with Gasteiger partial charge in [-0.3, -0.25) is 0 Å². The third-order valence-electron chi connectivity index (χ3n) is 5.30. The molecule has 6 nitrogen and oxygen atoms in total. The number of oxazole rings is 1. The molecule has 1 aliphatic rings. The topological polar surface area (TPSA) is 72.6 Å². The van der Waals surface area contributed by atoms with Crippen LogP contribution in [0.2, 0.25) is 0 Å². The number of ether oxygens (including phenoxy) is 1. The second-order valence-electron chi connectivity index (χ2n) is 7.40. The minimum Gasteiger partial charge on any atom is -0.494 e. The standard InChI is InChI=1S/C23H26N2O4S/c1-3-28-18-11-13-19(14-12-18)30(26,27)22-23(25-15-7-4-8-16-25)29-21(24-22)20-10-6-5-9-17(20)2/h5-6,9-14H,3-4,7-8,15-16H2,1-2H3. The predicted molar refractivity (Wildman–Crippen MR) is 116 cm³/mol. The van der Waals surface area contributed by atoms with Gasteiger partial charge in [-0.1, -0.05) is 18.2 Å². The highest BCUT2D eigenvalue weighted by atomic mass is 32.2. The Morgan fingerprint density at radius 2 is 1.73 bits per heavy atom. The van der Waals surface area contributed by atoms with Gasteiger partial charge in [0.25, 0.3) is 0 Å². The molecule has 0 unspecified atom stereocenters. The van der Waals surface area contributed by atoms with Crippen molar-refractivity contribution in [3.63, 3.8) is 0 Å². The fourth-order valence-electron chi connectivity index (χ4n) is 3.69. The van der Waals surface area contributed by atoms with Gasteiger partial charge < -0.3 is 14.1 Å². The highest BCUT2D eigenvalue weighted by Crippen LogP contribution is 2.36. The van der Waals surface area contributed by atoms with Crippen molar-refractivity contribution in [1.82, 2.24) is 4.98 Å². The number of anilines is 1. The summed E-state index contributed by atoms with van der Waals surface area (Å²) in [5.74, 6) is 1.30. The van der Waals surface area contributed by atoms with Crippen molar-refractivity contribution < 1.29 is 17.6 Å². The lowest BCUT2D eigenvalue weighted by Gasteiger charge is -2.26. The minimum absolute atomic E-state index is 0.0215. The molecular weight excluding hydrogens is 400 g/mol. The molecule has 0 amide bonds. The van der Waals surface area contributed by atoms with Crippen LogP contribution in [0.1, 0.15) is 31.7 Å². The molecule has 158 valence electrons. The molecule has 0 radical (unpaired) electrons. The van der Waals surface area contributed by atoms with Gasteiger partial charge in [-0.15, -0.1) is 0 Å². The number of hydrogen-bond donors (Lipinski definition) is 0. The Morgan fingerprint density at radius 1 is 1.03 bits per heavy atom. The molecule has 0 N–H and O–H groups in total. The van der Waals surface area contributed by atoms with Gasteiger partial charge in [-0.2, -0.15) is 4.98 Å². The molecule has 7 heteroatoms. The largest absolute Gasteiger partial charge is 0.494 e. The van der Waals surface area contributed by atoms with Crippen LogP contribution in [-0.2, 0) is 9.84 Å². The summed E-state index contributed by atoms with van der Waals surface area (Å²) in [7, 11) is -3.85. The summed E-state index contributed by atoms with van der Waals surface area (Å²) in [5.41, 5.74) is 1.78. The minimum atomic E-state index is -3.85. The highest BCUT2D eigenvalue weighted by Gasteiger charge is 2.32. The molecule has 4 rings (SSSR count). The maximum absolute atomic E-state index is 13.5. The molecule has 30 heavy (non-hydrogen) atoms. The molecule has 0 aliphatic carbocycles. The fourth-order valence-corrected chi connectivity index (χ4v) is 5.01. The van der Waals surface area contributed by atoms with E-state index < -0.39 is 9.84 Å². The van der Waals surface area contributed by atoms with Gasteiger partial charge in [0, 0.05) is 18.7 Å². The molecule has 1 aromatic heterocycles. The summed E-state index contributed by atoms with van der Waals surface area (Å²) < 4.78 is 38.6. The molecule has 1 saturated heterocycles. The maximum Gasteiger partial charge on any atom is 0.236 e. The van der Waals surface area contributed by atoms with Crippen LogP contribution >= 0.6 is 0 Å². The summed E-state index contributed by atoms with van der Waals surface area (Å²) >= 11 is 0. The van der Waals surface area contributed by atoms with Gasteiger partial charge >= 0.3 is 0 Å². The van der Waals surface area contributed by atoms with Crippen LogP contribution in [0, 0.1) is 6.92 Å². The lowest BCUT2D eigenvalue weighted by molar-refractivity contribution is 0.340. The Bertz CT molecular complexity index is 1110. The Kier molecular flexibility index (Phi) is 5.81. The summed E-state index contributed by atoms with van der Waals surface area (Å²) in [6.45, 7) is 5.88. The average molecular weight is 427 g/mol. The van der Waals surface area contributed by atoms with Gasteiger partial charge in [0.15, 0.2) is 0 Å². The van der Waals surface area contributed by atoms with Gasteiger partial charge in [0.05, 0.1) is 11.5 Å².